The zero-order chi connectivity index (χ0) is 35.2. The number of thiazole rings is 1. The Morgan fingerprint density at radius 1 is 0.808 bits per heavy atom. The van der Waals surface area contributed by atoms with Crippen molar-refractivity contribution < 1.29 is 14.3 Å². The van der Waals surface area contributed by atoms with E-state index in [1.807, 2.05) is 114 Å². The second-order valence-corrected chi connectivity index (χ2v) is 14.4. The summed E-state index contributed by atoms with van der Waals surface area (Å²) in [5.41, 5.74) is 6.39. The summed E-state index contributed by atoms with van der Waals surface area (Å²) in [6.07, 6.45) is 0. The topological polar surface area (TPSA) is 111 Å². The van der Waals surface area contributed by atoms with Crippen LogP contribution in [0.3, 0.4) is 0 Å². The molecule has 0 bridgehead atoms. The van der Waals surface area contributed by atoms with Crippen LogP contribution in [0.25, 0.3) is 26.9 Å². The second kappa shape index (κ2) is 13.2. The lowest BCUT2D eigenvalue weighted by Gasteiger charge is -2.28. The molecule has 0 atom stereocenters. The van der Waals surface area contributed by atoms with Crippen molar-refractivity contribution >= 4 is 61.6 Å². The van der Waals surface area contributed by atoms with E-state index in [0.29, 0.717) is 70.3 Å². The van der Waals surface area contributed by atoms with Crippen LogP contribution >= 0.6 is 23.1 Å². The molecule has 3 aliphatic rings. The lowest BCUT2D eigenvalue weighted by atomic mass is 9.88. The van der Waals surface area contributed by atoms with Crippen molar-refractivity contribution in [1.82, 2.24) is 9.88 Å². The number of para-hydroxylation sites is 2. The Morgan fingerprint density at radius 3 is 2.42 bits per heavy atom. The Hall–Kier alpha value is -6.17. The normalized spacial score (nSPS) is 16.0. The molecule has 10 heteroatoms. The van der Waals surface area contributed by atoms with Gasteiger partial charge in [0.15, 0.2) is 0 Å². The Labute approximate surface area is 307 Å². The number of carbonyl (C=O) groups excluding carboxylic acids is 1. The first-order chi connectivity index (χ1) is 25.6. The Kier molecular flexibility index (Phi) is 8.06. The lowest BCUT2D eigenvalue weighted by molar-refractivity contribution is 0.0302. The number of fused-ring (bicyclic) bond motifs is 4. The highest BCUT2D eigenvalue weighted by Crippen LogP contribution is 2.45. The number of morpholine rings is 1. The van der Waals surface area contributed by atoms with Gasteiger partial charge in [-0.2, -0.15) is 10.5 Å². The fourth-order valence-electron chi connectivity index (χ4n) is 6.81. The standard InChI is InChI=1S/C42H27N5O3S2/c43-23-31(40-45-33-9-3-5-11-37(33)51-40)25-13-15-29-35(21-25)50-36-22-26(32(24-44)41-46-34-10-4-6-12-38(34)52-41)14-16-30(36)39(29)27-7-1-2-8-28(27)42(48)47-17-19-49-20-18-47/h1-16,21-22,45H,17-20H2/b32-26+,40-31-. The molecule has 8 nitrogen and oxygen atoms in total. The van der Waals surface area contributed by atoms with Crippen LogP contribution in [-0.2, 0) is 4.74 Å². The number of rotatable bonds is 4. The monoisotopic (exact) mass is 713 g/mol. The van der Waals surface area contributed by atoms with Crippen molar-refractivity contribution in [3.05, 3.63) is 152 Å². The summed E-state index contributed by atoms with van der Waals surface area (Å²) in [5, 5.41) is 27.1. The largest absolute Gasteiger partial charge is 0.456 e. The third-order valence-electron chi connectivity index (χ3n) is 9.33. The number of benzene rings is 5. The maximum Gasteiger partial charge on any atom is 0.254 e. The Bertz CT molecular complexity index is 2650. The Morgan fingerprint density at radius 2 is 1.60 bits per heavy atom. The smallest absolute Gasteiger partial charge is 0.254 e. The van der Waals surface area contributed by atoms with E-state index in [1.54, 1.807) is 0 Å². The average Bonchev–Trinajstić information content (AvgIpc) is 3.82. The van der Waals surface area contributed by atoms with Gasteiger partial charge in [-0.25, -0.2) is 4.98 Å². The number of nitrogens with zero attached hydrogens (tertiary/aromatic N) is 4. The number of carbonyl (C=O) groups is 1. The van der Waals surface area contributed by atoms with Gasteiger partial charge in [0.05, 0.1) is 45.3 Å². The maximum atomic E-state index is 14.1. The van der Waals surface area contributed by atoms with Gasteiger partial charge < -0.3 is 19.7 Å². The summed E-state index contributed by atoms with van der Waals surface area (Å²) in [6.45, 7) is 2.03. The third kappa shape index (κ3) is 5.51. The number of nitriles is 2. The summed E-state index contributed by atoms with van der Waals surface area (Å²) >= 11 is 2.99. The molecule has 6 aromatic rings. The van der Waals surface area contributed by atoms with Crippen LogP contribution in [-0.4, -0.2) is 42.1 Å². The van der Waals surface area contributed by atoms with E-state index in [4.69, 9.17) is 14.5 Å². The molecule has 0 spiro atoms. The summed E-state index contributed by atoms with van der Waals surface area (Å²) in [4.78, 5) is 21.7. The second-order valence-electron chi connectivity index (χ2n) is 12.4. The molecule has 0 unspecified atom stereocenters. The van der Waals surface area contributed by atoms with Crippen molar-refractivity contribution in [1.29, 1.82) is 10.5 Å². The van der Waals surface area contributed by atoms with Gasteiger partial charge in [-0.15, -0.1) is 11.3 Å². The van der Waals surface area contributed by atoms with E-state index in [0.717, 1.165) is 47.7 Å². The SMILES string of the molecule is N#C/C(=C1\Nc2ccccc2S1)c1ccc2c(c1)Oc1c/c(=C(\C#N)c3nc4ccccc4s3)ccc1=C2c1ccccc1C(=O)N1CCOCC1. The minimum absolute atomic E-state index is 0.0643. The number of aromatic nitrogens is 1. The zero-order valence-electron chi connectivity index (χ0n) is 27.6. The number of allylic oxidation sites excluding steroid dienone is 1. The first-order valence-corrected chi connectivity index (χ1v) is 18.3. The van der Waals surface area contributed by atoms with Crippen molar-refractivity contribution in [3.8, 4) is 23.6 Å². The number of hydrogen-bond donors (Lipinski definition) is 1. The number of anilines is 1. The number of hydrogen-bond acceptors (Lipinski definition) is 9. The lowest BCUT2D eigenvalue weighted by Crippen LogP contribution is -2.41. The predicted molar refractivity (Wildman–Crippen MR) is 203 cm³/mol. The van der Waals surface area contributed by atoms with Crippen LogP contribution in [0.2, 0.25) is 0 Å². The summed E-state index contributed by atoms with van der Waals surface area (Å²) in [5.74, 6) is 1.01. The van der Waals surface area contributed by atoms with E-state index >= 15 is 0 Å². The number of amides is 1. The molecule has 0 radical (unpaired) electrons. The molecule has 52 heavy (non-hydrogen) atoms. The minimum atomic E-state index is -0.0643. The quantitative estimate of drug-likeness (QED) is 0.190. The minimum Gasteiger partial charge on any atom is -0.456 e. The molecule has 1 amide bonds. The number of ether oxygens (including phenoxy) is 2. The van der Waals surface area contributed by atoms with Gasteiger partial charge in [-0.1, -0.05) is 66.4 Å². The van der Waals surface area contributed by atoms with Crippen LogP contribution in [0.4, 0.5) is 5.69 Å². The molecule has 1 N–H and O–H groups in total. The van der Waals surface area contributed by atoms with E-state index in [9.17, 15) is 15.3 Å². The molecular formula is C42H27N5O3S2. The van der Waals surface area contributed by atoms with E-state index in [1.165, 1.54) is 23.1 Å². The highest BCUT2D eigenvalue weighted by molar-refractivity contribution is 8.04. The highest BCUT2D eigenvalue weighted by Gasteiger charge is 2.28. The Balaban J connectivity index is 1.24. The van der Waals surface area contributed by atoms with Gasteiger partial charge in [0, 0.05) is 39.9 Å². The van der Waals surface area contributed by atoms with Gasteiger partial charge >= 0.3 is 0 Å². The van der Waals surface area contributed by atoms with Crippen molar-refractivity contribution in [2.45, 2.75) is 4.90 Å². The molecule has 1 fully saturated rings. The summed E-state index contributed by atoms with van der Waals surface area (Å²) < 4.78 is 13.2. The van der Waals surface area contributed by atoms with Crippen LogP contribution in [0, 0.1) is 22.7 Å². The summed E-state index contributed by atoms with van der Waals surface area (Å²) in [7, 11) is 0. The average molecular weight is 714 g/mol. The van der Waals surface area contributed by atoms with Gasteiger partial charge in [0.2, 0.25) is 0 Å². The summed E-state index contributed by atoms with van der Waals surface area (Å²) in [6, 6.07) is 39.8. The first kappa shape index (κ1) is 31.8. The predicted octanol–water partition coefficient (Wildman–Crippen LogP) is 7.25. The third-order valence-corrected chi connectivity index (χ3v) is 11.5. The van der Waals surface area contributed by atoms with Crippen molar-refractivity contribution in [3.63, 3.8) is 0 Å². The number of nitrogens with one attached hydrogen (secondary N) is 1. The van der Waals surface area contributed by atoms with E-state index in [2.05, 4.69) is 17.5 Å². The van der Waals surface area contributed by atoms with Crippen LogP contribution < -0.4 is 20.5 Å². The van der Waals surface area contributed by atoms with Crippen molar-refractivity contribution in [2.24, 2.45) is 0 Å². The van der Waals surface area contributed by atoms with Crippen LogP contribution in [0.1, 0.15) is 32.1 Å². The van der Waals surface area contributed by atoms with Crippen LogP contribution in [0.15, 0.2) is 119 Å². The number of thioether (sulfide) groups is 1. The van der Waals surface area contributed by atoms with Gasteiger partial charge in [0.25, 0.3) is 5.91 Å². The molecule has 3 aliphatic heterocycles. The molecule has 250 valence electrons. The van der Waals surface area contributed by atoms with Crippen LogP contribution in [0.5, 0.6) is 11.5 Å². The maximum absolute atomic E-state index is 14.1. The molecule has 5 aromatic carbocycles. The molecular weight excluding hydrogens is 687 g/mol. The molecule has 0 aliphatic carbocycles. The molecule has 1 aromatic heterocycles. The molecule has 0 saturated carbocycles. The van der Waals surface area contributed by atoms with Gasteiger partial charge in [-0.3, -0.25) is 4.79 Å². The zero-order valence-corrected chi connectivity index (χ0v) is 29.2. The first-order valence-electron chi connectivity index (χ1n) is 16.7. The molecule has 9 rings (SSSR count). The fourth-order valence-corrected chi connectivity index (χ4v) is 8.81. The van der Waals surface area contributed by atoms with Gasteiger partial charge in [0.1, 0.15) is 28.6 Å². The van der Waals surface area contributed by atoms with E-state index < -0.39 is 0 Å². The van der Waals surface area contributed by atoms with Gasteiger partial charge in [-0.05, 0) is 70.9 Å². The highest BCUT2D eigenvalue weighted by atomic mass is 32.2. The van der Waals surface area contributed by atoms with Crippen molar-refractivity contribution in [2.75, 3.05) is 31.6 Å². The molecule has 4 heterocycles. The van der Waals surface area contributed by atoms with E-state index in [-0.39, 0.29) is 5.91 Å². The molecule has 1 saturated heterocycles. The fraction of sp³-hybridized carbons (Fsp3) is 0.0952.